The Balaban J connectivity index is 1.70. The average molecular weight is 579 g/mol. The lowest BCUT2D eigenvalue weighted by Gasteiger charge is -2.40. The van der Waals surface area contributed by atoms with E-state index in [1.807, 2.05) is 30.3 Å². The minimum atomic E-state index is -2.16. The molecule has 42 heavy (non-hydrogen) atoms. The molecule has 3 aromatic carbocycles. The van der Waals surface area contributed by atoms with Gasteiger partial charge in [-0.05, 0) is 29.7 Å². The highest BCUT2D eigenvalue weighted by atomic mass is 16.6. The van der Waals surface area contributed by atoms with Crippen molar-refractivity contribution in [2.24, 2.45) is 5.92 Å². The van der Waals surface area contributed by atoms with Crippen molar-refractivity contribution in [3.8, 4) is 23.0 Å². The van der Waals surface area contributed by atoms with Crippen LogP contribution >= 0.6 is 0 Å². The molecule has 2 aliphatic rings. The SMILES string of the molecule is COC(=O)CCCOc1cc(OC)c2c(c1)OC1(c3ccc(OC)cc3)C(c3ccccc3)C(C(=O)OC)C(O)C21O. The van der Waals surface area contributed by atoms with Gasteiger partial charge in [0.15, 0.2) is 11.2 Å². The third-order valence-corrected chi connectivity index (χ3v) is 8.22. The van der Waals surface area contributed by atoms with Crippen molar-refractivity contribution < 1.29 is 48.2 Å². The minimum absolute atomic E-state index is 0.183. The molecule has 0 saturated heterocycles. The molecule has 0 aromatic heterocycles. The molecular weight excluding hydrogens is 544 g/mol. The van der Waals surface area contributed by atoms with Crippen LogP contribution in [0.25, 0.3) is 0 Å². The van der Waals surface area contributed by atoms with Crippen LogP contribution < -0.4 is 18.9 Å². The third kappa shape index (κ3) is 4.42. The van der Waals surface area contributed by atoms with E-state index in [4.69, 9.17) is 23.7 Å². The predicted octanol–water partition coefficient (Wildman–Crippen LogP) is 3.46. The highest BCUT2D eigenvalue weighted by Gasteiger charge is 2.78. The second kappa shape index (κ2) is 11.5. The van der Waals surface area contributed by atoms with Gasteiger partial charge in [-0.3, -0.25) is 9.59 Å². The fourth-order valence-electron chi connectivity index (χ4n) is 6.38. The van der Waals surface area contributed by atoms with Crippen LogP contribution in [0.2, 0.25) is 0 Å². The van der Waals surface area contributed by atoms with Crippen molar-refractivity contribution in [3.05, 3.63) is 83.4 Å². The van der Waals surface area contributed by atoms with E-state index in [1.165, 1.54) is 21.3 Å². The molecule has 0 spiro atoms. The van der Waals surface area contributed by atoms with Crippen LogP contribution in [-0.2, 0) is 30.3 Å². The molecule has 10 nitrogen and oxygen atoms in total. The van der Waals surface area contributed by atoms with Crippen LogP contribution in [-0.4, -0.2) is 63.3 Å². The van der Waals surface area contributed by atoms with Crippen molar-refractivity contribution in [1.29, 1.82) is 0 Å². The lowest BCUT2D eigenvalue weighted by Crippen LogP contribution is -2.52. The molecule has 1 saturated carbocycles. The zero-order valence-corrected chi connectivity index (χ0v) is 23.9. The van der Waals surface area contributed by atoms with Crippen LogP contribution in [0.1, 0.15) is 35.4 Å². The second-order valence-corrected chi connectivity index (χ2v) is 10.2. The Morgan fingerprint density at radius 1 is 0.905 bits per heavy atom. The standard InChI is InChI=1S/C32H34O10/c1-37-21-14-12-20(13-15-21)32-27(19-9-6-5-7-10-19)26(30(35)40-4)29(34)31(32,36)28-23(38-2)17-22(18-24(28)42-32)41-16-8-11-25(33)39-3/h5-7,9-10,12-15,17-18,26-27,29,34,36H,8,11,16H2,1-4H3. The van der Waals surface area contributed by atoms with Crippen molar-refractivity contribution >= 4 is 11.9 Å². The maximum absolute atomic E-state index is 13.3. The first-order chi connectivity index (χ1) is 20.3. The minimum Gasteiger partial charge on any atom is -0.497 e. The Bertz CT molecular complexity index is 1440. The van der Waals surface area contributed by atoms with E-state index in [9.17, 15) is 19.8 Å². The van der Waals surface area contributed by atoms with Gasteiger partial charge in [-0.25, -0.2) is 0 Å². The van der Waals surface area contributed by atoms with Crippen LogP contribution in [0.4, 0.5) is 0 Å². The second-order valence-electron chi connectivity index (χ2n) is 10.2. The zero-order chi connectivity index (χ0) is 30.1. The molecular formula is C32H34O10. The van der Waals surface area contributed by atoms with Gasteiger partial charge < -0.3 is 38.6 Å². The first kappa shape index (κ1) is 29.2. The molecule has 1 aliphatic heterocycles. The molecule has 1 heterocycles. The maximum atomic E-state index is 13.3. The van der Waals surface area contributed by atoms with Gasteiger partial charge in [0.05, 0.1) is 46.5 Å². The molecule has 222 valence electrons. The van der Waals surface area contributed by atoms with Gasteiger partial charge in [-0.1, -0.05) is 42.5 Å². The number of rotatable bonds is 10. The largest absolute Gasteiger partial charge is 0.497 e. The summed E-state index contributed by atoms with van der Waals surface area (Å²) in [6.45, 7) is 0.213. The number of ether oxygens (including phenoxy) is 6. The summed E-state index contributed by atoms with van der Waals surface area (Å²) >= 11 is 0. The summed E-state index contributed by atoms with van der Waals surface area (Å²) in [4.78, 5) is 24.8. The fourth-order valence-corrected chi connectivity index (χ4v) is 6.38. The third-order valence-electron chi connectivity index (χ3n) is 8.22. The molecule has 0 bridgehead atoms. The van der Waals surface area contributed by atoms with Crippen molar-refractivity contribution in [1.82, 2.24) is 0 Å². The van der Waals surface area contributed by atoms with Crippen LogP contribution in [0.5, 0.6) is 23.0 Å². The van der Waals surface area contributed by atoms with E-state index >= 15 is 0 Å². The van der Waals surface area contributed by atoms with E-state index in [1.54, 1.807) is 43.5 Å². The Morgan fingerprint density at radius 3 is 2.24 bits per heavy atom. The molecule has 3 aromatic rings. The Hall–Kier alpha value is -4.28. The summed E-state index contributed by atoms with van der Waals surface area (Å²) in [7, 11) is 5.55. The topological polar surface area (TPSA) is 130 Å². The van der Waals surface area contributed by atoms with Gasteiger partial charge in [-0.15, -0.1) is 0 Å². The molecule has 1 aliphatic carbocycles. The van der Waals surface area contributed by atoms with Crippen molar-refractivity contribution in [2.45, 2.75) is 36.1 Å². The molecule has 2 N–H and O–H groups in total. The summed E-state index contributed by atoms with van der Waals surface area (Å²) in [6, 6.07) is 19.3. The molecule has 10 heteroatoms. The van der Waals surface area contributed by atoms with E-state index in [-0.39, 0.29) is 36.1 Å². The summed E-state index contributed by atoms with van der Waals surface area (Å²) in [6.07, 6.45) is -1.04. The normalized spacial score (nSPS) is 25.5. The maximum Gasteiger partial charge on any atom is 0.312 e. The number of esters is 2. The van der Waals surface area contributed by atoms with Crippen LogP contribution in [0.15, 0.2) is 66.7 Å². The van der Waals surface area contributed by atoms with Crippen LogP contribution in [0.3, 0.4) is 0 Å². The van der Waals surface area contributed by atoms with Gasteiger partial charge in [0.1, 0.15) is 29.1 Å². The van der Waals surface area contributed by atoms with Crippen molar-refractivity contribution in [2.75, 3.05) is 35.0 Å². The number of fused-ring (bicyclic) bond motifs is 3. The number of carbonyl (C=O) groups excluding carboxylic acids is 2. The molecule has 5 unspecified atom stereocenters. The number of benzene rings is 3. The van der Waals surface area contributed by atoms with E-state index in [0.29, 0.717) is 29.0 Å². The predicted molar refractivity (Wildman–Crippen MR) is 150 cm³/mol. The lowest BCUT2D eigenvalue weighted by molar-refractivity contribution is -0.161. The van der Waals surface area contributed by atoms with Gasteiger partial charge >= 0.3 is 11.9 Å². The summed E-state index contributed by atoms with van der Waals surface area (Å²) in [5.74, 6) is -1.75. The van der Waals surface area contributed by atoms with Crippen molar-refractivity contribution in [3.63, 3.8) is 0 Å². The monoisotopic (exact) mass is 578 g/mol. The van der Waals surface area contributed by atoms with Gasteiger partial charge in [-0.2, -0.15) is 0 Å². The van der Waals surface area contributed by atoms with Crippen LogP contribution in [0, 0.1) is 5.92 Å². The van der Waals surface area contributed by atoms with Gasteiger partial charge in [0.2, 0.25) is 0 Å². The number of aliphatic hydroxyl groups excluding tert-OH is 1. The quantitative estimate of drug-likeness (QED) is 0.273. The van der Waals surface area contributed by atoms with Gasteiger partial charge in [0, 0.05) is 24.5 Å². The fraction of sp³-hybridized carbons (Fsp3) is 0.375. The molecule has 5 atom stereocenters. The Kier molecular flexibility index (Phi) is 8.03. The molecule has 0 radical (unpaired) electrons. The lowest BCUT2D eigenvalue weighted by atomic mass is 9.70. The molecule has 5 rings (SSSR count). The number of methoxy groups -OCH3 is 4. The Morgan fingerprint density at radius 2 is 1.62 bits per heavy atom. The summed E-state index contributed by atoms with van der Waals surface area (Å²) in [5, 5.41) is 24.8. The highest BCUT2D eigenvalue weighted by molar-refractivity contribution is 5.78. The van der Waals surface area contributed by atoms with E-state index < -0.39 is 35.1 Å². The zero-order valence-electron chi connectivity index (χ0n) is 23.9. The number of aliphatic hydroxyl groups is 2. The smallest absolute Gasteiger partial charge is 0.312 e. The number of carbonyl (C=O) groups is 2. The molecule has 1 fully saturated rings. The highest BCUT2D eigenvalue weighted by Crippen LogP contribution is 2.70. The van der Waals surface area contributed by atoms with E-state index in [2.05, 4.69) is 4.74 Å². The average Bonchev–Trinajstić information content (AvgIpc) is 3.40. The summed E-state index contributed by atoms with van der Waals surface area (Å²) < 4.78 is 33.6. The molecule has 0 amide bonds. The van der Waals surface area contributed by atoms with E-state index in [0.717, 1.165) is 0 Å². The first-order valence-electron chi connectivity index (χ1n) is 13.6. The Labute approximate surface area is 243 Å². The summed E-state index contributed by atoms with van der Waals surface area (Å²) in [5.41, 5.74) is -2.51. The first-order valence-corrected chi connectivity index (χ1v) is 13.6. The number of hydrogen-bond acceptors (Lipinski definition) is 10. The number of hydrogen-bond donors (Lipinski definition) is 2. The van der Waals surface area contributed by atoms with Gasteiger partial charge in [0.25, 0.3) is 0 Å².